The number of aryl methyl sites for hydroxylation is 6. The van der Waals surface area contributed by atoms with Gasteiger partial charge in [0.05, 0.1) is 22.7 Å². The van der Waals surface area contributed by atoms with Crippen molar-refractivity contribution in [2.45, 2.75) is 172 Å². The van der Waals surface area contributed by atoms with Crippen molar-refractivity contribution in [3.8, 4) is 0 Å². The molecule has 1 aliphatic carbocycles. The standard InChI is InChI=1S/C60H79BN3PS/c1-35-28-46(51(64-52-31-44(59(16,17)18)27-38(4)55(52)64)32-49(35)62(34-60(19,20)66)54-39(5)33-65-40(54)6)61-45-23-21-42(57(10,11)12)30-50(45)63(48-24-22-41(29-47(48)61)56(7,8)9)53-36(2)25-43(26-37(53)3)58(13,14)15/h21,23,25-33,65-66H,22,24,34H2,1-20H3. The van der Waals surface area contributed by atoms with Gasteiger partial charge in [0.2, 0.25) is 6.71 Å². The molecule has 66 heavy (non-hydrogen) atoms. The fraction of sp³-hybridized carbons (Fsp3) is 0.467. The van der Waals surface area contributed by atoms with Crippen LogP contribution in [0.4, 0.5) is 39.8 Å². The number of hydrogen-bond donors (Lipinski definition) is 1. The van der Waals surface area contributed by atoms with Gasteiger partial charge >= 0.3 is 0 Å². The zero-order chi connectivity index (χ0) is 48.5. The van der Waals surface area contributed by atoms with E-state index in [1.165, 1.54) is 117 Å². The molecule has 6 heteroatoms. The van der Waals surface area contributed by atoms with Crippen molar-refractivity contribution in [1.82, 2.24) is 0 Å². The molecule has 1 atom stereocenters. The Morgan fingerprint density at radius 3 is 1.64 bits per heavy atom. The van der Waals surface area contributed by atoms with Crippen LogP contribution in [0.2, 0.25) is 0 Å². The van der Waals surface area contributed by atoms with Crippen LogP contribution in [0.3, 0.4) is 0 Å². The fourth-order valence-electron chi connectivity index (χ4n) is 10.9. The summed E-state index contributed by atoms with van der Waals surface area (Å²) in [5.41, 5.74) is 27.3. The molecule has 3 aliphatic rings. The van der Waals surface area contributed by atoms with E-state index in [1.807, 2.05) is 0 Å². The maximum Gasteiger partial charge on any atom is 0.248 e. The van der Waals surface area contributed by atoms with Gasteiger partial charge < -0.3 is 14.7 Å². The Bertz CT molecular complexity index is 2790. The number of benzene rings is 4. The van der Waals surface area contributed by atoms with Crippen LogP contribution in [0.1, 0.15) is 160 Å². The van der Waals surface area contributed by atoms with Crippen LogP contribution in [0.5, 0.6) is 0 Å². The van der Waals surface area contributed by atoms with E-state index >= 15 is 0 Å². The van der Waals surface area contributed by atoms with Gasteiger partial charge in [-0.25, -0.2) is 0 Å². The SMILES string of the molecule is Cc1cc(B2C3=C(CCC(C(C)(C)C)=C3)N(c3c(C)cc(C(C)(C)C)cc3C)c3cc(C(C)(C)C)ccc32)c(N2c3cc(C(C)(C)C)cc(C)c32)cc1N(CC(C)(C)S)c1c(C)c[pH]c1C. The lowest BCUT2D eigenvalue weighted by Gasteiger charge is -2.44. The first-order valence-electron chi connectivity index (χ1n) is 24.6. The molecule has 5 aromatic rings. The third-order valence-electron chi connectivity index (χ3n) is 14.7. The highest BCUT2D eigenvalue weighted by atomic mass is 32.1. The number of hydrogen-bond acceptors (Lipinski definition) is 4. The zero-order valence-corrected chi connectivity index (χ0v) is 46.2. The largest absolute Gasteiger partial charge is 0.339 e. The number of thiol groups is 1. The second-order valence-corrected chi connectivity index (χ2v) is 27.6. The van der Waals surface area contributed by atoms with E-state index in [-0.39, 0.29) is 33.1 Å². The molecule has 0 saturated carbocycles. The highest BCUT2D eigenvalue weighted by molar-refractivity contribution is 7.81. The topological polar surface area (TPSA) is 9.49 Å². The number of fused-ring (bicyclic) bond motifs is 2. The molecule has 8 rings (SSSR count). The average molecular weight is 916 g/mol. The van der Waals surface area contributed by atoms with Crippen molar-refractivity contribution in [2.24, 2.45) is 5.41 Å². The van der Waals surface area contributed by atoms with Gasteiger partial charge in [0, 0.05) is 34.1 Å². The lowest BCUT2D eigenvalue weighted by molar-refractivity contribution is 0.478. The van der Waals surface area contributed by atoms with Crippen LogP contribution in [0.25, 0.3) is 0 Å². The summed E-state index contributed by atoms with van der Waals surface area (Å²) in [5, 5.41) is 1.45. The summed E-state index contributed by atoms with van der Waals surface area (Å²) >= 11 is 5.21. The van der Waals surface area contributed by atoms with Gasteiger partial charge in [-0.3, -0.25) is 0 Å². The van der Waals surface area contributed by atoms with Crippen molar-refractivity contribution in [2.75, 3.05) is 21.2 Å². The maximum atomic E-state index is 5.21. The lowest BCUT2D eigenvalue weighted by atomic mass is 9.33. The molecular weight excluding hydrogens is 837 g/mol. The minimum Gasteiger partial charge on any atom is -0.339 e. The summed E-state index contributed by atoms with van der Waals surface area (Å²) in [6.07, 6.45) is 4.68. The molecule has 1 unspecified atom stereocenters. The first-order chi connectivity index (χ1) is 30.4. The van der Waals surface area contributed by atoms with Gasteiger partial charge in [-0.15, -0.1) is 8.19 Å². The molecule has 4 aromatic carbocycles. The Morgan fingerprint density at radius 1 is 0.561 bits per heavy atom. The fourth-order valence-corrected chi connectivity index (χ4v) is 12.1. The minimum absolute atomic E-state index is 0.0136. The van der Waals surface area contributed by atoms with Gasteiger partial charge in [-0.05, 0) is 180 Å². The Labute approximate surface area is 408 Å². The summed E-state index contributed by atoms with van der Waals surface area (Å²) in [6, 6.07) is 22.5. The summed E-state index contributed by atoms with van der Waals surface area (Å²) in [4.78, 5) is 7.94. The highest BCUT2D eigenvalue weighted by Gasteiger charge is 2.45. The first-order valence-corrected chi connectivity index (χ1v) is 26.1. The van der Waals surface area contributed by atoms with Crippen LogP contribution in [0, 0.1) is 47.0 Å². The Morgan fingerprint density at radius 2 is 1.11 bits per heavy atom. The van der Waals surface area contributed by atoms with E-state index < -0.39 is 0 Å². The van der Waals surface area contributed by atoms with Crippen molar-refractivity contribution < 1.29 is 0 Å². The predicted octanol–water partition coefficient (Wildman–Crippen LogP) is 16.4. The molecule has 3 nitrogen and oxygen atoms in total. The van der Waals surface area contributed by atoms with Crippen molar-refractivity contribution in [3.05, 3.63) is 133 Å². The first kappa shape index (κ1) is 48.4. The molecule has 1 aromatic heterocycles. The van der Waals surface area contributed by atoms with E-state index in [1.54, 1.807) is 0 Å². The number of allylic oxidation sites excluding steroid dienone is 4. The summed E-state index contributed by atoms with van der Waals surface area (Å²) in [5.74, 6) is 2.43. The van der Waals surface area contributed by atoms with E-state index in [9.17, 15) is 0 Å². The average Bonchev–Trinajstić information content (AvgIpc) is 3.82. The molecule has 0 fully saturated rings. The van der Waals surface area contributed by atoms with E-state index in [0.29, 0.717) is 8.19 Å². The molecule has 3 heterocycles. The number of rotatable bonds is 7. The smallest absolute Gasteiger partial charge is 0.248 e. The second kappa shape index (κ2) is 16.3. The molecular formula is C60H79BN3PS. The van der Waals surface area contributed by atoms with E-state index in [4.69, 9.17) is 12.6 Å². The molecule has 348 valence electrons. The lowest BCUT2D eigenvalue weighted by Crippen LogP contribution is -2.52. The molecule has 0 amide bonds. The van der Waals surface area contributed by atoms with Gasteiger partial charge in [0.1, 0.15) is 0 Å². The molecule has 0 saturated heterocycles. The molecule has 0 spiro atoms. The molecule has 0 bridgehead atoms. The van der Waals surface area contributed by atoms with Gasteiger partial charge in [-0.1, -0.05) is 131 Å². The molecule has 0 N–H and O–H groups in total. The van der Waals surface area contributed by atoms with Crippen LogP contribution in [-0.2, 0) is 16.2 Å². The van der Waals surface area contributed by atoms with Gasteiger partial charge in [0.25, 0.3) is 0 Å². The number of nitrogens with zero attached hydrogens (tertiary/aromatic N) is 3. The van der Waals surface area contributed by atoms with Crippen LogP contribution in [-0.4, -0.2) is 18.0 Å². The Balaban J connectivity index is 1.48. The third kappa shape index (κ3) is 8.79. The van der Waals surface area contributed by atoms with Crippen molar-refractivity contribution in [3.63, 3.8) is 0 Å². The summed E-state index contributed by atoms with van der Waals surface area (Å²) in [6.45, 7) is 47.7. The Kier molecular flexibility index (Phi) is 12.0. The van der Waals surface area contributed by atoms with E-state index in [0.717, 1.165) is 19.4 Å². The van der Waals surface area contributed by atoms with Crippen molar-refractivity contribution in [1.29, 1.82) is 0 Å². The van der Waals surface area contributed by atoms with Crippen LogP contribution < -0.4 is 25.6 Å². The van der Waals surface area contributed by atoms with Crippen LogP contribution in [0.15, 0.2) is 83.2 Å². The Hall–Kier alpha value is -4.05. The quantitative estimate of drug-likeness (QED) is 0.0972. The zero-order valence-electron chi connectivity index (χ0n) is 44.3. The van der Waals surface area contributed by atoms with Crippen molar-refractivity contribution >= 4 is 78.3 Å². The molecule has 0 radical (unpaired) electrons. The highest BCUT2D eigenvalue weighted by Crippen LogP contribution is 2.58. The minimum atomic E-state index is -0.223. The van der Waals surface area contributed by atoms with E-state index in [2.05, 4.69) is 220 Å². The predicted molar refractivity (Wildman–Crippen MR) is 299 cm³/mol. The van der Waals surface area contributed by atoms with Gasteiger partial charge in [-0.2, -0.15) is 12.6 Å². The maximum absolute atomic E-state index is 5.21. The molecule has 2 aliphatic heterocycles. The van der Waals surface area contributed by atoms with Gasteiger partial charge in [0.15, 0.2) is 0 Å². The summed E-state index contributed by atoms with van der Waals surface area (Å²) < 4.78 is -0.223. The number of anilines is 7. The summed E-state index contributed by atoms with van der Waals surface area (Å²) in [7, 11) is 0.704. The monoisotopic (exact) mass is 916 g/mol. The second-order valence-electron chi connectivity index (χ2n) is 25.1. The van der Waals surface area contributed by atoms with Crippen LogP contribution >= 0.6 is 20.8 Å². The third-order valence-corrected chi connectivity index (χ3v) is 16.1. The normalized spacial score (nSPS) is 15.7.